The summed E-state index contributed by atoms with van der Waals surface area (Å²) < 4.78 is 25.3. The molecular weight excluding hydrogens is 370 g/mol. The third-order valence-electron chi connectivity index (χ3n) is 2.77. The second kappa shape index (κ2) is 8.21. The number of ether oxygens (including phenoxy) is 2. The van der Waals surface area contributed by atoms with Gasteiger partial charge in [-0.1, -0.05) is 52.9 Å². The molecule has 0 aliphatic carbocycles. The molecule has 2 nitrogen and oxygen atoms in total. The molecular formula is C16H16FIO2. The molecule has 0 aliphatic rings. The molecule has 0 aromatic heterocycles. The first-order valence-electron chi connectivity index (χ1n) is 6.40. The highest BCUT2D eigenvalue weighted by Crippen LogP contribution is 2.20. The molecule has 2 aromatic carbocycles. The smallest absolute Gasteiger partial charge is 0.123 e. The molecule has 0 saturated heterocycles. The molecule has 0 aliphatic heterocycles. The van der Waals surface area contributed by atoms with Gasteiger partial charge in [0.1, 0.15) is 18.2 Å². The van der Waals surface area contributed by atoms with Crippen LogP contribution in [0.4, 0.5) is 4.39 Å². The first-order valence-corrected chi connectivity index (χ1v) is 7.93. The van der Waals surface area contributed by atoms with Crippen LogP contribution in [0.25, 0.3) is 0 Å². The summed E-state index contributed by atoms with van der Waals surface area (Å²) in [5, 5.41) is 0. The minimum Gasteiger partial charge on any atom is -0.491 e. The highest BCUT2D eigenvalue weighted by atomic mass is 127. The summed E-state index contributed by atoms with van der Waals surface area (Å²) in [7, 11) is 0. The standard InChI is InChI=1S/C16H16FIO2/c17-14-6-4-5-13(11-14)16(12-18)20-10-9-19-15-7-2-1-3-8-15/h1-8,11,16H,9-10,12H2. The van der Waals surface area contributed by atoms with Gasteiger partial charge in [0, 0.05) is 4.43 Å². The van der Waals surface area contributed by atoms with Crippen molar-refractivity contribution in [3.63, 3.8) is 0 Å². The summed E-state index contributed by atoms with van der Waals surface area (Å²) in [5.74, 6) is 0.592. The van der Waals surface area contributed by atoms with Gasteiger partial charge in [-0.15, -0.1) is 0 Å². The Morgan fingerprint density at radius 1 is 1.00 bits per heavy atom. The number of halogens is 2. The van der Waals surface area contributed by atoms with Crippen molar-refractivity contribution in [1.29, 1.82) is 0 Å². The van der Waals surface area contributed by atoms with Crippen LogP contribution in [0, 0.1) is 5.82 Å². The molecule has 4 heteroatoms. The summed E-state index contributed by atoms with van der Waals surface area (Å²) in [6.45, 7) is 0.950. The Hall–Kier alpha value is -1.14. The average molecular weight is 386 g/mol. The van der Waals surface area contributed by atoms with Gasteiger partial charge in [0.2, 0.25) is 0 Å². The maximum atomic E-state index is 13.2. The van der Waals surface area contributed by atoms with Crippen LogP contribution in [0.2, 0.25) is 0 Å². The van der Waals surface area contributed by atoms with E-state index in [0.29, 0.717) is 13.2 Å². The quantitative estimate of drug-likeness (QED) is 0.399. The molecule has 106 valence electrons. The van der Waals surface area contributed by atoms with Crippen molar-refractivity contribution >= 4 is 22.6 Å². The van der Waals surface area contributed by atoms with E-state index in [9.17, 15) is 4.39 Å². The lowest BCUT2D eigenvalue weighted by Gasteiger charge is -2.16. The Morgan fingerprint density at radius 2 is 1.80 bits per heavy atom. The molecule has 2 rings (SSSR count). The van der Waals surface area contributed by atoms with Crippen LogP contribution < -0.4 is 4.74 Å². The van der Waals surface area contributed by atoms with Gasteiger partial charge in [0.05, 0.1) is 12.7 Å². The minimum absolute atomic E-state index is 0.106. The molecule has 0 spiro atoms. The summed E-state index contributed by atoms with van der Waals surface area (Å²) in [5.41, 5.74) is 0.860. The first kappa shape index (κ1) is 15.3. The number of hydrogen-bond acceptors (Lipinski definition) is 2. The van der Waals surface area contributed by atoms with Crippen LogP contribution in [-0.2, 0) is 4.74 Å². The number of alkyl halides is 1. The van der Waals surface area contributed by atoms with Gasteiger partial charge < -0.3 is 9.47 Å². The van der Waals surface area contributed by atoms with E-state index < -0.39 is 0 Å². The Morgan fingerprint density at radius 3 is 2.50 bits per heavy atom. The van der Waals surface area contributed by atoms with Gasteiger partial charge in [-0.25, -0.2) is 4.39 Å². The van der Waals surface area contributed by atoms with Crippen molar-refractivity contribution < 1.29 is 13.9 Å². The fraction of sp³-hybridized carbons (Fsp3) is 0.250. The van der Waals surface area contributed by atoms with E-state index in [4.69, 9.17) is 9.47 Å². The normalized spacial score (nSPS) is 12.1. The van der Waals surface area contributed by atoms with E-state index in [2.05, 4.69) is 22.6 Å². The molecule has 0 saturated carbocycles. The van der Waals surface area contributed by atoms with Crippen LogP contribution in [0.15, 0.2) is 54.6 Å². The second-order valence-electron chi connectivity index (χ2n) is 4.23. The van der Waals surface area contributed by atoms with Gasteiger partial charge in [0.25, 0.3) is 0 Å². The van der Waals surface area contributed by atoms with Crippen LogP contribution in [0.5, 0.6) is 5.75 Å². The van der Waals surface area contributed by atoms with E-state index in [-0.39, 0.29) is 11.9 Å². The lowest BCUT2D eigenvalue weighted by molar-refractivity contribution is 0.0482. The Balaban J connectivity index is 1.80. The zero-order chi connectivity index (χ0) is 14.2. The fourth-order valence-corrected chi connectivity index (χ4v) is 2.57. The zero-order valence-electron chi connectivity index (χ0n) is 11.0. The lowest BCUT2D eigenvalue weighted by atomic mass is 10.1. The Labute approximate surface area is 132 Å². The summed E-state index contributed by atoms with van der Waals surface area (Å²) in [6, 6.07) is 16.1. The molecule has 1 atom stereocenters. The van der Waals surface area contributed by atoms with E-state index in [1.54, 1.807) is 6.07 Å². The molecule has 20 heavy (non-hydrogen) atoms. The van der Waals surface area contributed by atoms with Crippen molar-refractivity contribution in [3.8, 4) is 5.75 Å². The number of hydrogen-bond donors (Lipinski definition) is 0. The second-order valence-corrected chi connectivity index (χ2v) is 5.11. The van der Waals surface area contributed by atoms with E-state index in [1.165, 1.54) is 12.1 Å². The van der Waals surface area contributed by atoms with Crippen LogP contribution in [0.1, 0.15) is 11.7 Å². The molecule has 0 radical (unpaired) electrons. The van der Waals surface area contributed by atoms with Crippen molar-refractivity contribution in [2.45, 2.75) is 6.10 Å². The topological polar surface area (TPSA) is 18.5 Å². The van der Waals surface area contributed by atoms with Gasteiger partial charge in [-0.2, -0.15) is 0 Å². The predicted molar refractivity (Wildman–Crippen MR) is 85.9 cm³/mol. The van der Waals surface area contributed by atoms with Crippen molar-refractivity contribution in [2.24, 2.45) is 0 Å². The number of para-hydroxylation sites is 1. The maximum Gasteiger partial charge on any atom is 0.123 e. The molecule has 0 heterocycles. The van der Waals surface area contributed by atoms with E-state index >= 15 is 0 Å². The minimum atomic E-state index is -0.235. The molecule has 1 unspecified atom stereocenters. The van der Waals surface area contributed by atoms with Crippen LogP contribution in [0.3, 0.4) is 0 Å². The molecule has 2 aromatic rings. The Kier molecular flexibility index (Phi) is 6.26. The summed E-state index contributed by atoms with van der Waals surface area (Å²) in [4.78, 5) is 0. The van der Waals surface area contributed by atoms with Crippen molar-refractivity contribution in [2.75, 3.05) is 17.6 Å². The highest BCUT2D eigenvalue weighted by molar-refractivity contribution is 14.1. The summed E-state index contributed by atoms with van der Waals surface area (Å²) >= 11 is 2.24. The van der Waals surface area contributed by atoms with E-state index in [0.717, 1.165) is 15.7 Å². The van der Waals surface area contributed by atoms with Crippen LogP contribution >= 0.6 is 22.6 Å². The number of benzene rings is 2. The summed E-state index contributed by atoms with van der Waals surface area (Å²) in [6.07, 6.45) is -0.106. The maximum absolute atomic E-state index is 13.2. The molecule has 0 bridgehead atoms. The predicted octanol–water partition coefficient (Wildman–Crippen LogP) is 4.40. The van der Waals surface area contributed by atoms with Crippen LogP contribution in [-0.4, -0.2) is 17.6 Å². The largest absolute Gasteiger partial charge is 0.491 e. The van der Waals surface area contributed by atoms with Gasteiger partial charge in [-0.3, -0.25) is 0 Å². The lowest BCUT2D eigenvalue weighted by Crippen LogP contribution is -2.12. The third kappa shape index (κ3) is 4.76. The first-order chi connectivity index (χ1) is 9.79. The third-order valence-corrected chi connectivity index (χ3v) is 3.57. The number of rotatable bonds is 7. The van der Waals surface area contributed by atoms with Crippen molar-refractivity contribution in [3.05, 3.63) is 66.0 Å². The van der Waals surface area contributed by atoms with Gasteiger partial charge in [0.15, 0.2) is 0 Å². The molecule has 0 amide bonds. The average Bonchev–Trinajstić information content (AvgIpc) is 2.48. The monoisotopic (exact) mass is 386 g/mol. The zero-order valence-corrected chi connectivity index (χ0v) is 13.1. The molecule has 0 N–H and O–H groups in total. The Bertz CT molecular complexity index is 519. The van der Waals surface area contributed by atoms with E-state index in [1.807, 2.05) is 36.4 Å². The fourth-order valence-electron chi connectivity index (χ4n) is 1.80. The highest BCUT2D eigenvalue weighted by Gasteiger charge is 2.11. The molecule has 0 fully saturated rings. The SMILES string of the molecule is Fc1cccc(C(CI)OCCOc2ccccc2)c1. The van der Waals surface area contributed by atoms with Crippen molar-refractivity contribution in [1.82, 2.24) is 0 Å². The van der Waals surface area contributed by atoms with Gasteiger partial charge >= 0.3 is 0 Å². The van der Waals surface area contributed by atoms with Gasteiger partial charge in [-0.05, 0) is 29.8 Å².